The summed E-state index contributed by atoms with van der Waals surface area (Å²) >= 11 is 0. The molecule has 118 valence electrons. The number of carboxylic acid groups (broad SMARTS) is 1. The van der Waals surface area contributed by atoms with E-state index < -0.39 is 16.0 Å². The number of para-hydroxylation sites is 1. The van der Waals surface area contributed by atoms with Crippen molar-refractivity contribution in [1.82, 2.24) is 0 Å². The summed E-state index contributed by atoms with van der Waals surface area (Å²) in [6.45, 7) is 2.38. The summed E-state index contributed by atoms with van der Waals surface area (Å²) in [6, 6.07) is 5.72. The lowest BCUT2D eigenvalue weighted by molar-refractivity contribution is -0.254. The van der Waals surface area contributed by atoms with Crippen molar-refractivity contribution >= 4 is 21.7 Å². The first-order valence-corrected chi connectivity index (χ1v) is 8.28. The molecule has 0 aromatic heterocycles. The summed E-state index contributed by atoms with van der Waals surface area (Å²) in [7, 11) is -3.81. The van der Waals surface area contributed by atoms with Crippen LogP contribution in [0.5, 0.6) is 0 Å². The van der Waals surface area contributed by atoms with E-state index in [9.17, 15) is 18.3 Å². The third kappa shape index (κ3) is 3.67. The van der Waals surface area contributed by atoms with Gasteiger partial charge in [-0.15, -0.1) is 0 Å². The SMILES string of the molecule is CCOC1=CC=C(S(=O)(=O)Nc2ccccc2C(=O)[O-])CC1. The van der Waals surface area contributed by atoms with Crippen molar-refractivity contribution in [3.63, 3.8) is 0 Å². The largest absolute Gasteiger partial charge is 0.545 e. The first kappa shape index (κ1) is 16.1. The molecule has 22 heavy (non-hydrogen) atoms. The van der Waals surface area contributed by atoms with Crippen molar-refractivity contribution in [2.24, 2.45) is 0 Å². The van der Waals surface area contributed by atoms with Gasteiger partial charge >= 0.3 is 0 Å². The first-order valence-electron chi connectivity index (χ1n) is 6.79. The van der Waals surface area contributed by atoms with Gasteiger partial charge < -0.3 is 14.6 Å². The maximum Gasteiger partial charge on any atom is 0.258 e. The third-order valence-electron chi connectivity index (χ3n) is 3.14. The van der Waals surface area contributed by atoms with Crippen molar-refractivity contribution in [2.45, 2.75) is 19.8 Å². The van der Waals surface area contributed by atoms with Crippen LogP contribution in [0.3, 0.4) is 0 Å². The maximum absolute atomic E-state index is 12.3. The minimum Gasteiger partial charge on any atom is -0.545 e. The van der Waals surface area contributed by atoms with Gasteiger partial charge in [0.25, 0.3) is 10.0 Å². The highest BCUT2D eigenvalue weighted by Crippen LogP contribution is 2.26. The van der Waals surface area contributed by atoms with Gasteiger partial charge in [0.05, 0.1) is 28.9 Å². The lowest BCUT2D eigenvalue weighted by Gasteiger charge is -2.17. The van der Waals surface area contributed by atoms with E-state index >= 15 is 0 Å². The molecule has 0 amide bonds. The smallest absolute Gasteiger partial charge is 0.258 e. The fraction of sp³-hybridized carbons (Fsp3) is 0.267. The molecule has 0 bridgehead atoms. The summed E-state index contributed by atoms with van der Waals surface area (Å²) in [6.07, 6.45) is 3.88. The number of rotatable bonds is 6. The molecule has 0 aliphatic heterocycles. The summed E-state index contributed by atoms with van der Waals surface area (Å²) in [4.78, 5) is 11.2. The predicted octanol–water partition coefficient (Wildman–Crippen LogP) is 1.39. The molecule has 0 spiro atoms. The van der Waals surface area contributed by atoms with Crippen molar-refractivity contribution in [3.05, 3.63) is 52.6 Å². The van der Waals surface area contributed by atoms with Gasteiger partial charge in [-0.05, 0) is 31.6 Å². The Hall–Kier alpha value is -2.28. The number of hydrogen-bond donors (Lipinski definition) is 1. The van der Waals surface area contributed by atoms with E-state index in [0.717, 1.165) is 5.76 Å². The molecular weight excluding hydrogens is 306 g/mol. The van der Waals surface area contributed by atoms with Crippen LogP contribution in [0.4, 0.5) is 5.69 Å². The number of carbonyl (C=O) groups excluding carboxylic acids is 1. The summed E-state index contributed by atoms with van der Waals surface area (Å²) < 4.78 is 32.3. The van der Waals surface area contributed by atoms with E-state index in [1.54, 1.807) is 12.1 Å². The quantitative estimate of drug-likeness (QED) is 0.854. The maximum atomic E-state index is 12.3. The van der Waals surface area contributed by atoms with E-state index in [4.69, 9.17) is 4.74 Å². The molecule has 2 rings (SSSR count). The number of benzene rings is 1. The minimum atomic E-state index is -3.81. The van der Waals surface area contributed by atoms with Crippen LogP contribution < -0.4 is 9.83 Å². The van der Waals surface area contributed by atoms with Crippen molar-refractivity contribution in [1.29, 1.82) is 0 Å². The third-order valence-corrected chi connectivity index (χ3v) is 4.66. The van der Waals surface area contributed by atoms with Crippen LogP contribution in [0.25, 0.3) is 0 Å². The molecule has 0 fully saturated rings. The molecule has 1 aromatic rings. The number of sulfonamides is 1. The van der Waals surface area contributed by atoms with Crippen LogP contribution in [0.1, 0.15) is 30.1 Å². The van der Waals surface area contributed by atoms with Gasteiger partial charge in [0.15, 0.2) is 0 Å². The van der Waals surface area contributed by atoms with Crippen molar-refractivity contribution in [2.75, 3.05) is 11.3 Å². The van der Waals surface area contributed by atoms with Crippen LogP contribution in [0.15, 0.2) is 47.1 Å². The Kier molecular flexibility index (Phi) is 4.87. The zero-order valence-corrected chi connectivity index (χ0v) is 12.9. The monoisotopic (exact) mass is 322 g/mol. The van der Waals surface area contributed by atoms with Gasteiger partial charge in [0, 0.05) is 12.0 Å². The average Bonchev–Trinajstić information content (AvgIpc) is 2.48. The molecule has 0 heterocycles. The van der Waals surface area contributed by atoms with Crippen LogP contribution in [0, 0.1) is 0 Å². The number of aromatic carboxylic acids is 1. The number of carbonyl (C=O) groups is 1. The highest BCUT2D eigenvalue weighted by atomic mass is 32.2. The van der Waals surface area contributed by atoms with Gasteiger partial charge in [-0.25, -0.2) is 8.42 Å². The van der Waals surface area contributed by atoms with Gasteiger partial charge in [-0.3, -0.25) is 4.72 Å². The van der Waals surface area contributed by atoms with Crippen LogP contribution in [0.2, 0.25) is 0 Å². The molecule has 0 saturated carbocycles. The van der Waals surface area contributed by atoms with Crippen LogP contribution in [-0.4, -0.2) is 21.0 Å². The molecule has 7 heteroatoms. The number of ether oxygens (including phenoxy) is 1. The molecule has 1 N–H and O–H groups in total. The fourth-order valence-corrected chi connectivity index (χ4v) is 3.31. The second kappa shape index (κ2) is 6.65. The minimum absolute atomic E-state index is 0.0111. The van der Waals surface area contributed by atoms with E-state index in [-0.39, 0.29) is 16.2 Å². The predicted molar refractivity (Wildman–Crippen MR) is 80.3 cm³/mol. The number of hydrogen-bond acceptors (Lipinski definition) is 5. The fourth-order valence-electron chi connectivity index (χ4n) is 2.09. The number of allylic oxidation sites excluding steroid dienone is 4. The summed E-state index contributed by atoms with van der Waals surface area (Å²) in [5.74, 6) is -0.703. The Morgan fingerprint density at radius 1 is 1.27 bits per heavy atom. The summed E-state index contributed by atoms with van der Waals surface area (Å²) in [5, 5.41) is 11.0. The molecule has 0 unspecified atom stereocenters. The van der Waals surface area contributed by atoms with Gasteiger partial charge in [0.2, 0.25) is 0 Å². The average molecular weight is 322 g/mol. The Morgan fingerprint density at radius 2 is 2.00 bits per heavy atom. The Balaban J connectivity index is 2.25. The van der Waals surface area contributed by atoms with Gasteiger partial charge in [-0.2, -0.15) is 0 Å². The number of anilines is 1. The molecule has 6 nitrogen and oxygen atoms in total. The highest BCUT2D eigenvalue weighted by Gasteiger charge is 2.21. The number of carboxylic acids is 1. The van der Waals surface area contributed by atoms with E-state index in [2.05, 4.69) is 4.72 Å². The lowest BCUT2D eigenvalue weighted by Crippen LogP contribution is -2.25. The Bertz CT molecular complexity index is 734. The lowest BCUT2D eigenvalue weighted by atomic mass is 10.1. The van der Waals surface area contributed by atoms with Crippen LogP contribution in [-0.2, 0) is 14.8 Å². The van der Waals surface area contributed by atoms with E-state index in [0.29, 0.717) is 19.4 Å². The van der Waals surface area contributed by atoms with Crippen molar-refractivity contribution in [3.8, 4) is 0 Å². The molecule has 1 aliphatic carbocycles. The van der Waals surface area contributed by atoms with Gasteiger partial charge in [0.1, 0.15) is 0 Å². The van der Waals surface area contributed by atoms with Gasteiger partial charge in [-0.1, -0.05) is 18.2 Å². The van der Waals surface area contributed by atoms with E-state index in [1.807, 2.05) is 6.92 Å². The van der Waals surface area contributed by atoms with E-state index in [1.165, 1.54) is 24.3 Å². The highest BCUT2D eigenvalue weighted by molar-refractivity contribution is 7.96. The van der Waals surface area contributed by atoms with Crippen molar-refractivity contribution < 1.29 is 23.1 Å². The molecule has 0 saturated heterocycles. The first-order chi connectivity index (χ1) is 10.4. The topological polar surface area (TPSA) is 95.5 Å². The standard InChI is InChI=1S/C15H17NO5S/c1-2-21-11-7-9-12(10-8-11)22(19,20)16-14-6-4-3-5-13(14)15(17)18/h3-7,9,16H,2,8,10H2,1H3,(H,17,18)/p-1. The van der Waals surface area contributed by atoms with Crippen LogP contribution >= 0.6 is 0 Å². The summed E-state index contributed by atoms with van der Waals surface area (Å²) in [5.41, 5.74) is -0.212. The number of nitrogens with one attached hydrogen (secondary N) is 1. The molecule has 0 atom stereocenters. The normalized spacial score (nSPS) is 14.8. The Labute approximate surface area is 129 Å². The molecule has 1 aliphatic rings. The molecular formula is C15H16NO5S-. The second-order valence-corrected chi connectivity index (χ2v) is 6.37. The Morgan fingerprint density at radius 3 is 2.59 bits per heavy atom. The second-order valence-electron chi connectivity index (χ2n) is 4.64. The molecule has 0 radical (unpaired) electrons. The molecule has 1 aromatic carbocycles. The zero-order valence-electron chi connectivity index (χ0n) is 12.0. The zero-order chi connectivity index (χ0) is 16.2.